The minimum Gasteiger partial charge on any atom is -0.170 e. The quantitative estimate of drug-likeness (QED) is 0.733. The Morgan fingerprint density at radius 1 is 0.850 bits per heavy atom. The fraction of sp³-hybridized carbons (Fsp3) is 0.200. The van der Waals surface area contributed by atoms with Gasteiger partial charge >= 0.3 is 6.18 Å². The molecular weight excluding hydrogens is 328 g/mol. The summed E-state index contributed by atoms with van der Waals surface area (Å²) in [4.78, 5) is 0. The summed E-state index contributed by atoms with van der Waals surface area (Å²) in [6, 6.07) is 12.8. The molecule has 2 aromatic rings. The third-order valence-corrected chi connectivity index (χ3v) is 4.15. The molecule has 0 radical (unpaired) electrons. The number of hydrogen-bond acceptors (Lipinski definition) is 0. The van der Waals surface area contributed by atoms with E-state index < -0.39 is 11.6 Å². The molecule has 2 aromatic carbocycles. The summed E-state index contributed by atoms with van der Waals surface area (Å²) in [5.41, 5.74) is -0.592. The predicted octanol–water partition coefficient (Wildman–Crippen LogP) is 3.58. The summed E-state index contributed by atoms with van der Waals surface area (Å²) in [5, 5.41) is 0. The van der Waals surface area contributed by atoms with Crippen molar-refractivity contribution in [1.82, 2.24) is 0 Å². The maximum Gasteiger partial charge on any atom is 0.402 e. The smallest absolute Gasteiger partial charge is 0.170 e. The van der Waals surface area contributed by atoms with Crippen LogP contribution in [0.1, 0.15) is 18.1 Å². The van der Waals surface area contributed by atoms with E-state index >= 15 is 0 Å². The van der Waals surface area contributed by atoms with Crippen LogP contribution in [-0.2, 0) is 5.41 Å². The molecule has 5 heteroatoms. The number of hydrogen-bond donors (Lipinski definition) is 0. The monoisotopic (exact) mass is 340 g/mol. The molecule has 0 aliphatic carbocycles. The normalized spacial score (nSPS) is 14.8. The van der Waals surface area contributed by atoms with Crippen molar-refractivity contribution in [2.24, 2.45) is 0 Å². The van der Waals surface area contributed by atoms with Gasteiger partial charge in [-0.2, -0.15) is 13.2 Å². The molecule has 0 aliphatic heterocycles. The number of benzene rings is 2. The van der Waals surface area contributed by atoms with Gasteiger partial charge in [-0.25, -0.2) is 0 Å². The molecule has 104 valence electrons. The molecule has 0 aliphatic rings. The van der Waals surface area contributed by atoms with E-state index in [2.05, 4.69) is 15.9 Å². The van der Waals surface area contributed by atoms with Crippen molar-refractivity contribution in [2.75, 3.05) is 0 Å². The van der Waals surface area contributed by atoms with Crippen LogP contribution in [0.5, 0.6) is 0 Å². The lowest BCUT2D eigenvalue weighted by Crippen LogP contribution is -2.40. The van der Waals surface area contributed by atoms with Crippen molar-refractivity contribution in [1.29, 1.82) is 0 Å². The maximum atomic E-state index is 13.7. The van der Waals surface area contributed by atoms with E-state index in [-0.39, 0.29) is 11.1 Å². The van der Waals surface area contributed by atoms with Crippen LogP contribution in [0.15, 0.2) is 53.0 Å². The predicted molar refractivity (Wildman–Crippen MR) is 81.3 cm³/mol. The Morgan fingerprint density at radius 3 is 1.65 bits per heavy atom. The van der Waals surface area contributed by atoms with E-state index in [0.29, 0.717) is 0 Å². The molecule has 1 unspecified atom stereocenters. The Kier molecular flexibility index (Phi) is 4.01. The first-order chi connectivity index (χ1) is 9.25. The van der Waals surface area contributed by atoms with Gasteiger partial charge in [0.05, 0.1) is 0 Å². The molecule has 1 atom stereocenters. The van der Waals surface area contributed by atoms with Crippen molar-refractivity contribution in [3.63, 3.8) is 0 Å². The van der Waals surface area contributed by atoms with Gasteiger partial charge in [0.25, 0.3) is 0 Å². The van der Waals surface area contributed by atoms with Gasteiger partial charge in [0.1, 0.15) is 13.3 Å². The van der Waals surface area contributed by atoms with Gasteiger partial charge in [-0.1, -0.05) is 57.8 Å². The maximum absolute atomic E-state index is 13.7. The Balaban J connectivity index is 2.62. The summed E-state index contributed by atoms with van der Waals surface area (Å²) >= 11 is 3.25. The number of alkyl halides is 3. The SMILES string of the molecule is Bc1ccc(C(C)(c2ccc(Br)cc2)C(F)(F)F)cc1. The van der Waals surface area contributed by atoms with Crippen LogP contribution in [0.4, 0.5) is 13.2 Å². The van der Waals surface area contributed by atoms with E-state index in [1.807, 2.05) is 7.85 Å². The summed E-state index contributed by atoms with van der Waals surface area (Å²) in [6.07, 6.45) is -4.36. The van der Waals surface area contributed by atoms with Crippen LogP contribution < -0.4 is 5.46 Å². The van der Waals surface area contributed by atoms with Gasteiger partial charge in [0.15, 0.2) is 0 Å². The molecule has 0 fully saturated rings. The Hall–Kier alpha value is -1.23. The molecule has 0 nitrogen and oxygen atoms in total. The second kappa shape index (κ2) is 5.28. The highest BCUT2D eigenvalue weighted by atomic mass is 79.9. The first kappa shape index (κ1) is 15.2. The lowest BCUT2D eigenvalue weighted by molar-refractivity contribution is -0.173. The zero-order valence-electron chi connectivity index (χ0n) is 11.1. The molecule has 0 saturated carbocycles. The first-order valence-electron chi connectivity index (χ1n) is 6.15. The molecule has 0 bridgehead atoms. The molecule has 0 aromatic heterocycles. The van der Waals surface area contributed by atoms with Crippen LogP contribution in [-0.4, -0.2) is 14.0 Å². The van der Waals surface area contributed by atoms with Crippen LogP contribution in [0, 0.1) is 0 Å². The molecule has 0 N–H and O–H groups in total. The zero-order valence-corrected chi connectivity index (χ0v) is 12.7. The minimum absolute atomic E-state index is 0.233. The number of rotatable bonds is 2. The minimum atomic E-state index is -4.36. The van der Waals surface area contributed by atoms with Gasteiger partial charge in [-0.15, -0.1) is 0 Å². The van der Waals surface area contributed by atoms with E-state index in [0.717, 1.165) is 9.94 Å². The highest BCUT2D eigenvalue weighted by Crippen LogP contribution is 2.45. The fourth-order valence-electron chi connectivity index (χ4n) is 2.16. The van der Waals surface area contributed by atoms with Crippen LogP contribution >= 0.6 is 15.9 Å². The molecular formula is C15H13BBrF3. The van der Waals surface area contributed by atoms with Gasteiger partial charge in [0.2, 0.25) is 0 Å². The molecule has 0 saturated heterocycles. The van der Waals surface area contributed by atoms with Crippen LogP contribution in [0.3, 0.4) is 0 Å². The molecule has 20 heavy (non-hydrogen) atoms. The van der Waals surface area contributed by atoms with E-state index in [1.165, 1.54) is 19.1 Å². The van der Waals surface area contributed by atoms with E-state index in [9.17, 15) is 13.2 Å². The summed E-state index contributed by atoms with van der Waals surface area (Å²) in [6.45, 7) is 1.22. The second-order valence-corrected chi connectivity index (χ2v) is 5.91. The molecule has 2 rings (SSSR count). The molecule has 0 heterocycles. The summed E-state index contributed by atoms with van der Waals surface area (Å²) in [5.74, 6) is 0. The Labute approximate surface area is 125 Å². The summed E-state index contributed by atoms with van der Waals surface area (Å²) in [7, 11) is 1.86. The summed E-state index contributed by atoms with van der Waals surface area (Å²) < 4.78 is 41.8. The molecule has 0 spiro atoms. The lowest BCUT2D eigenvalue weighted by Gasteiger charge is -2.33. The fourth-order valence-corrected chi connectivity index (χ4v) is 2.43. The van der Waals surface area contributed by atoms with Gasteiger partial charge in [-0.3, -0.25) is 0 Å². The van der Waals surface area contributed by atoms with Crippen molar-refractivity contribution in [2.45, 2.75) is 18.5 Å². The number of halogens is 4. The first-order valence-corrected chi connectivity index (χ1v) is 6.94. The zero-order chi connectivity index (χ0) is 15.0. The van der Waals surface area contributed by atoms with Crippen molar-refractivity contribution < 1.29 is 13.2 Å². The Bertz CT molecular complexity index is 543. The third-order valence-electron chi connectivity index (χ3n) is 3.62. The van der Waals surface area contributed by atoms with Crippen LogP contribution in [0.2, 0.25) is 0 Å². The highest BCUT2D eigenvalue weighted by molar-refractivity contribution is 9.10. The molecule has 0 amide bonds. The van der Waals surface area contributed by atoms with Crippen molar-refractivity contribution >= 4 is 29.2 Å². The lowest BCUT2D eigenvalue weighted by atomic mass is 9.75. The van der Waals surface area contributed by atoms with Gasteiger partial charge in [0, 0.05) is 4.47 Å². The second-order valence-electron chi connectivity index (χ2n) is 5.00. The standard InChI is InChI=1S/C15H13BBrF3/c1-14(15(18,19)20,10-2-6-12(16)7-3-10)11-4-8-13(17)9-5-11/h2-9H,16H2,1H3. The van der Waals surface area contributed by atoms with E-state index in [1.54, 1.807) is 36.4 Å². The van der Waals surface area contributed by atoms with Crippen molar-refractivity contribution in [3.05, 3.63) is 64.1 Å². The van der Waals surface area contributed by atoms with Crippen LogP contribution in [0.25, 0.3) is 0 Å². The van der Waals surface area contributed by atoms with Crippen molar-refractivity contribution in [3.8, 4) is 0 Å². The highest BCUT2D eigenvalue weighted by Gasteiger charge is 2.53. The van der Waals surface area contributed by atoms with E-state index in [4.69, 9.17) is 0 Å². The van der Waals surface area contributed by atoms with Gasteiger partial charge < -0.3 is 0 Å². The third kappa shape index (κ3) is 2.64. The average Bonchev–Trinajstić information content (AvgIpc) is 2.38. The Morgan fingerprint density at radius 2 is 1.25 bits per heavy atom. The largest absolute Gasteiger partial charge is 0.402 e. The van der Waals surface area contributed by atoms with Gasteiger partial charge in [-0.05, 0) is 30.2 Å². The topological polar surface area (TPSA) is 0 Å². The average molecular weight is 341 g/mol.